The van der Waals surface area contributed by atoms with E-state index in [1.165, 1.54) is 18.2 Å². The van der Waals surface area contributed by atoms with E-state index in [0.29, 0.717) is 5.56 Å². The lowest BCUT2D eigenvalue weighted by atomic mass is 10.1. The van der Waals surface area contributed by atoms with E-state index in [2.05, 4.69) is 0 Å². The molecule has 1 aromatic carbocycles. The summed E-state index contributed by atoms with van der Waals surface area (Å²) in [7, 11) is 0. The molecule has 0 aliphatic carbocycles. The maximum absolute atomic E-state index is 12.6. The number of halogens is 1. The van der Waals surface area contributed by atoms with E-state index in [-0.39, 0.29) is 5.70 Å². The van der Waals surface area contributed by atoms with Crippen molar-refractivity contribution in [2.45, 2.75) is 6.42 Å². The maximum Gasteiger partial charge on any atom is 0.309 e. The molecule has 0 aliphatic heterocycles. The molecule has 16 heavy (non-hydrogen) atoms. The molecule has 0 heterocycles. The average molecular weight is 226 g/mol. The van der Waals surface area contributed by atoms with E-state index in [4.69, 9.17) is 10.3 Å². The van der Waals surface area contributed by atoms with Crippen LogP contribution >= 0.6 is 0 Å². The number of carbonyl (C=O) groups is 1. The molecule has 2 N–H and O–H groups in total. The monoisotopic (exact) mass is 226 g/mol. The minimum atomic E-state index is -1.25. The van der Waals surface area contributed by atoms with Gasteiger partial charge in [-0.05, 0) is 23.8 Å². The number of hydroxylamine groups is 2. The third-order valence-corrected chi connectivity index (χ3v) is 1.78. The molecule has 5 nitrogen and oxygen atoms in total. The van der Waals surface area contributed by atoms with Crippen LogP contribution in [0.5, 0.6) is 0 Å². The molecular weight excluding hydrogens is 217 g/mol. The molecule has 0 fully saturated rings. The highest BCUT2D eigenvalue weighted by Crippen LogP contribution is 2.12. The minimum absolute atomic E-state index is 0.334. The van der Waals surface area contributed by atoms with Gasteiger partial charge in [0.25, 0.3) is 0 Å². The fourth-order valence-electron chi connectivity index (χ4n) is 1.08. The Morgan fingerprint density at radius 2 is 2.00 bits per heavy atom. The zero-order valence-electron chi connectivity index (χ0n) is 8.13. The Balaban J connectivity index is 2.93. The third-order valence-electron chi connectivity index (χ3n) is 1.78. The van der Waals surface area contributed by atoms with Crippen molar-refractivity contribution in [1.29, 1.82) is 0 Å². The molecular formula is C10H9FNO4-. The number of carboxylic acids is 1. The normalized spacial score (nSPS) is 11.3. The number of hydrogen-bond donors (Lipinski definition) is 2. The van der Waals surface area contributed by atoms with E-state index >= 15 is 0 Å². The second-order valence-corrected chi connectivity index (χ2v) is 3.03. The lowest BCUT2D eigenvalue weighted by Gasteiger charge is -2.24. The maximum atomic E-state index is 12.6. The highest BCUT2D eigenvalue weighted by molar-refractivity contribution is 5.72. The smallest absolute Gasteiger partial charge is 0.309 e. The molecule has 0 aromatic heterocycles. The topological polar surface area (TPSA) is 83.8 Å². The molecule has 1 rings (SSSR count). The molecule has 0 saturated carbocycles. The van der Waals surface area contributed by atoms with Crippen LogP contribution in [0.3, 0.4) is 0 Å². The predicted octanol–water partition coefficient (Wildman–Crippen LogP) is 1.83. The molecule has 6 heteroatoms. The van der Waals surface area contributed by atoms with Gasteiger partial charge >= 0.3 is 5.97 Å². The first-order valence-electron chi connectivity index (χ1n) is 4.33. The van der Waals surface area contributed by atoms with Crippen molar-refractivity contribution in [3.8, 4) is 0 Å². The number of nitrogens with zero attached hydrogens (tertiary/aromatic N) is 1. The first-order valence-corrected chi connectivity index (χ1v) is 4.33. The van der Waals surface area contributed by atoms with Crippen molar-refractivity contribution in [1.82, 2.24) is 5.23 Å². The van der Waals surface area contributed by atoms with Gasteiger partial charge < -0.3 is 15.5 Å². The summed E-state index contributed by atoms with van der Waals surface area (Å²) in [4.78, 5) is 10.4. The summed E-state index contributed by atoms with van der Waals surface area (Å²) in [6.45, 7) is 0. The van der Waals surface area contributed by atoms with Gasteiger partial charge in [-0.3, -0.25) is 10.0 Å². The van der Waals surface area contributed by atoms with Crippen LogP contribution in [0.25, 0.3) is 6.08 Å². The van der Waals surface area contributed by atoms with Gasteiger partial charge in [-0.25, -0.2) is 4.39 Å². The Kier molecular flexibility index (Phi) is 3.98. The van der Waals surface area contributed by atoms with Crippen LogP contribution < -0.4 is 0 Å². The van der Waals surface area contributed by atoms with Gasteiger partial charge in [0.2, 0.25) is 0 Å². The number of carboxylic acid groups (broad SMARTS) is 1. The van der Waals surface area contributed by atoms with Crippen LogP contribution in [0.15, 0.2) is 30.0 Å². The van der Waals surface area contributed by atoms with Crippen LogP contribution in [0.1, 0.15) is 12.0 Å². The first kappa shape index (κ1) is 12.2. The first-order chi connectivity index (χ1) is 7.49. The number of aliphatic carboxylic acids is 1. The largest absolute Gasteiger partial charge is 0.734 e. The van der Waals surface area contributed by atoms with Crippen LogP contribution in [0.2, 0.25) is 0 Å². The number of benzene rings is 1. The lowest BCUT2D eigenvalue weighted by molar-refractivity contribution is -0.137. The second-order valence-electron chi connectivity index (χ2n) is 3.03. The molecule has 0 bridgehead atoms. The SMILES string of the molecule is O=C(O)C/C(=C/c1ccc(F)cc1)N([O-])O. The quantitative estimate of drug-likeness (QED) is 0.765. The van der Waals surface area contributed by atoms with Crippen LogP contribution in [-0.2, 0) is 4.79 Å². The van der Waals surface area contributed by atoms with Crippen LogP contribution in [0, 0.1) is 11.0 Å². The highest BCUT2D eigenvalue weighted by atomic mass is 19.1. The number of rotatable bonds is 4. The van der Waals surface area contributed by atoms with Crippen LogP contribution in [-0.4, -0.2) is 21.5 Å². The molecule has 0 radical (unpaired) electrons. The Bertz CT molecular complexity index is 400. The van der Waals surface area contributed by atoms with Crippen molar-refractivity contribution in [3.05, 3.63) is 46.6 Å². The highest BCUT2D eigenvalue weighted by Gasteiger charge is 2.04. The molecule has 0 atom stereocenters. The zero-order valence-corrected chi connectivity index (χ0v) is 8.13. The average Bonchev–Trinajstić information content (AvgIpc) is 2.19. The molecule has 0 spiro atoms. The third kappa shape index (κ3) is 3.68. The van der Waals surface area contributed by atoms with Crippen molar-refractivity contribution in [2.24, 2.45) is 0 Å². The van der Waals surface area contributed by atoms with Crippen molar-refractivity contribution in [2.75, 3.05) is 0 Å². The number of hydrogen-bond acceptors (Lipinski definition) is 4. The van der Waals surface area contributed by atoms with E-state index < -0.39 is 23.4 Å². The van der Waals surface area contributed by atoms with E-state index in [1.807, 2.05) is 0 Å². The van der Waals surface area contributed by atoms with Gasteiger partial charge in [0, 0.05) is 5.70 Å². The summed E-state index contributed by atoms with van der Waals surface area (Å²) in [6, 6.07) is 5.05. The fraction of sp³-hybridized carbons (Fsp3) is 0.100. The van der Waals surface area contributed by atoms with Gasteiger partial charge in [0.15, 0.2) is 0 Å². The summed E-state index contributed by atoms with van der Waals surface area (Å²) >= 11 is 0. The summed E-state index contributed by atoms with van der Waals surface area (Å²) in [6.07, 6.45) is 0.554. The molecule has 86 valence electrons. The minimum Gasteiger partial charge on any atom is -0.734 e. The predicted molar refractivity (Wildman–Crippen MR) is 53.6 cm³/mol. The summed E-state index contributed by atoms with van der Waals surface area (Å²) in [5.41, 5.74) is 0.0895. The second kappa shape index (κ2) is 5.24. The Labute approximate surface area is 90.6 Å². The van der Waals surface area contributed by atoms with Gasteiger partial charge in [0.05, 0.1) is 6.42 Å². The summed E-state index contributed by atoms with van der Waals surface area (Å²) in [5, 5.41) is 27.2. The Morgan fingerprint density at radius 1 is 1.44 bits per heavy atom. The van der Waals surface area contributed by atoms with Crippen molar-refractivity contribution >= 4 is 12.0 Å². The van der Waals surface area contributed by atoms with Crippen LogP contribution in [0.4, 0.5) is 4.39 Å². The summed E-state index contributed by atoms with van der Waals surface area (Å²) in [5.74, 6) is -1.69. The molecule has 0 saturated heterocycles. The zero-order chi connectivity index (χ0) is 12.1. The standard InChI is InChI=1S/C10H9FNO4/c11-8-3-1-7(2-4-8)5-9(12(15)16)6-10(13)14/h1-5,15H,6H2,(H,13,14)/q-1/b9-5-. The van der Waals surface area contributed by atoms with Gasteiger partial charge in [-0.15, -0.1) is 0 Å². The fourth-order valence-corrected chi connectivity index (χ4v) is 1.08. The van der Waals surface area contributed by atoms with E-state index in [1.54, 1.807) is 0 Å². The Morgan fingerprint density at radius 3 is 2.44 bits per heavy atom. The Hall–Kier alpha value is -1.92. The van der Waals surface area contributed by atoms with Gasteiger partial charge in [-0.2, -0.15) is 0 Å². The van der Waals surface area contributed by atoms with E-state index in [0.717, 1.165) is 12.1 Å². The summed E-state index contributed by atoms with van der Waals surface area (Å²) < 4.78 is 12.6. The molecule has 1 aromatic rings. The van der Waals surface area contributed by atoms with Crippen molar-refractivity contribution < 1.29 is 19.5 Å². The van der Waals surface area contributed by atoms with E-state index in [9.17, 15) is 14.4 Å². The lowest BCUT2D eigenvalue weighted by Crippen LogP contribution is -2.13. The molecule has 0 unspecified atom stereocenters. The molecule has 0 amide bonds. The van der Waals surface area contributed by atoms with Crippen molar-refractivity contribution in [3.63, 3.8) is 0 Å². The van der Waals surface area contributed by atoms with Gasteiger partial charge in [-0.1, -0.05) is 12.1 Å². The van der Waals surface area contributed by atoms with Gasteiger partial charge in [0.1, 0.15) is 5.82 Å². The molecule has 0 aliphatic rings.